The number of ketones is 1. The second-order valence-electron chi connectivity index (χ2n) is 8.86. The number of carbonyl (C=O) groups excluding carboxylic acids is 1. The molecule has 3 rings (SSSR count). The Morgan fingerprint density at radius 1 is 1.20 bits per heavy atom. The van der Waals surface area contributed by atoms with Crippen molar-refractivity contribution in [3.63, 3.8) is 0 Å². The molecule has 0 bridgehead atoms. The Morgan fingerprint density at radius 2 is 1.88 bits per heavy atom. The predicted molar refractivity (Wildman–Crippen MR) is 98.6 cm³/mol. The topological polar surface area (TPSA) is 57.5 Å². The molecule has 3 nitrogen and oxygen atoms in total. The summed E-state index contributed by atoms with van der Waals surface area (Å²) >= 11 is 0. The summed E-state index contributed by atoms with van der Waals surface area (Å²) in [4.78, 5) is 12.8. The summed E-state index contributed by atoms with van der Waals surface area (Å²) < 4.78 is 0. The van der Waals surface area contributed by atoms with E-state index in [1.165, 1.54) is 19.3 Å². The molecule has 0 radical (unpaired) electrons. The number of rotatable bonds is 3. The fourth-order valence-corrected chi connectivity index (χ4v) is 5.93. The molecule has 0 aromatic rings. The van der Waals surface area contributed by atoms with Gasteiger partial charge in [0.1, 0.15) is 11.9 Å². The number of aliphatic hydroxyl groups excluding tert-OH is 2. The van der Waals surface area contributed by atoms with Crippen molar-refractivity contribution in [3.05, 3.63) is 0 Å². The summed E-state index contributed by atoms with van der Waals surface area (Å²) in [7, 11) is 0. The van der Waals surface area contributed by atoms with E-state index in [1.807, 2.05) is 0 Å². The van der Waals surface area contributed by atoms with Crippen LogP contribution in [0, 0.1) is 46.8 Å². The third kappa shape index (κ3) is 3.06. The Bertz CT molecular complexity index is 551. The first-order valence-electron chi connectivity index (χ1n) is 10.3. The molecule has 25 heavy (non-hydrogen) atoms. The Labute approximate surface area is 152 Å². The van der Waals surface area contributed by atoms with E-state index in [1.54, 1.807) is 0 Å². The summed E-state index contributed by atoms with van der Waals surface area (Å²) in [6, 6.07) is 0. The summed E-state index contributed by atoms with van der Waals surface area (Å²) in [5.41, 5.74) is -0.297. The first-order valence-corrected chi connectivity index (χ1v) is 10.3. The van der Waals surface area contributed by atoms with Crippen molar-refractivity contribution in [2.24, 2.45) is 35.0 Å². The van der Waals surface area contributed by atoms with Crippen LogP contribution in [-0.2, 0) is 4.79 Å². The molecule has 0 spiro atoms. The largest absolute Gasteiger partial charge is 0.392 e. The van der Waals surface area contributed by atoms with Crippen LogP contribution in [0.4, 0.5) is 0 Å². The molecular weight excluding hydrogens is 312 g/mol. The molecule has 3 saturated carbocycles. The number of hydrogen-bond donors (Lipinski definition) is 2. The molecule has 0 aromatic carbocycles. The first-order chi connectivity index (χ1) is 11.9. The molecule has 3 aliphatic carbocycles. The van der Waals surface area contributed by atoms with Crippen LogP contribution in [0.3, 0.4) is 0 Å². The minimum Gasteiger partial charge on any atom is -0.392 e. The summed E-state index contributed by atoms with van der Waals surface area (Å²) in [5.74, 6) is 7.32. The normalized spacial score (nSPS) is 40.0. The highest BCUT2D eigenvalue weighted by molar-refractivity contribution is 5.94. The molecule has 6 atom stereocenters. The van der Waals surface area contributed by atoms with E-state index in [0.717, 1.165) is 25.7 Å². The molecule has 0 aliphatic heterocycles. The van der Waals surface area contributed by atoms with E-state index >= 15 is 0 Å². The molecule has 3 heteroatoms. The van der Waals surface area contributed by atoms with Gasteiger partial charge in [-0.1, -0.05) is 51.9 Å². The van der Waals surface area contributed by atoms with Crippen LogP contribution in [0.25, 0.3) is 0 Å². The fourth-order valence-electron chi connectivity index (χ4n) is 5.93. The molecule has 2 N–H and O–H groups in total. The van der Waals surface area contributed by atoms with E-state index in [2.05, 4.69) is 32.6 Å². The molecule has 3 fully saturated rings. The van der Waals surface area contributed by atoms with Crippen molar-refractivity contribution in [2.45, 2.75) is 84.3 Å². The highest BCUT2D eigenvalue weighted by Crippen LogP contribution is 2.62. The molecule has 0 aromatic heterocycles. The third-order valence-electron chi connectivity index (χ3n) is 7.44. The number of Topliss-reactive ketones (excluding diaryl/α,β-unsaturated/α-hetero) is 1. The third-order valence-corrected chi connectivity index (χ3v) is 7.44. The van der Waals surface area contributed by atoms with Crippen molar-refractivity contribution in [1.29, 1.82) is 0 Å². The maximum absolute atomic E-state index is 12.8. The van der Waals surface area contributed by atoms with Crippen molar-refractivity contribution in [1.82, 2.24) is 0 Å². The van der Waals surface area contributed by atoms with Gasteiger partial charge in [-0.25, -0.2) is 0 Å². The lowest BCUT2D eigenvalue weighted by molar-refractivity contribution is -0.184. The zero-order valence-corrected chi connectivity index (χ0v) is 16.0. The van der Waals surface area contributed by atoms with Crippen LogP contribution < -0.4 is 0 Å². The van der Waals surface area contributed by atoms with E-state index in [0.29, 0.717) is 12.2 Å². The molecule has 0 saturated heterocycles. The van der Waals surface area contributed by atoms with E-state index in [9.17, 15) is 15.0 Å². The summed E-state index contributed by atoms with van der Waals surface area (Å²) in [6.07, 6.45) is 6.94. The van der Waals surface area contributed by atoms with Gasteiger partial charge >= 0.3 is 0 Å². The number of fused-ring (bicyclic) bond motifs is 1. The quantitative estimate of drug-likeness (QED) is 0.768. The maximum Gasteiger partial charge on any atom is 0.143 e. The van der Waals surface area contributed by atoms with Crippen LogP contribution in [-0.4, -0.2) is 28.2 Å². The van der Waals surface area contributed by atoms with Gasteiger partial charge in [-0.2, -0.15) is 0 Å². The van der Waals surface area contributed by atoms with Crippen LogP contribution >= 0.6 is 0 Å². The Morgan fingerprint density at radius 3 is 2.48 bits per heavy atom. The van der Waals surface area contributed by atoms with Gasteiger partial charge in [0.2, 0.25) is 0 Å². The average Bonchev–Trinajstić information content (AvgIpc) is 2.61. The Balaban J connectivity index is 1.81. The van der Waals surface area contributed by atoms with Crippen molar-refractivity contribution in [2.75, 3.05) is 0 Å². The van der Waals surface area contributed by atoms with Gasteiger partial charge < -0.3 is 10.2 Å². The van der Waals surface area contributed by atoms with E-state index in [-0.39, 0.29) is 35.0 Å². The molecule has 140 valence electrons. The van der Waals surface area contributed by atoms with Gasteiger partial charge in [-0.3, -0.25) is 4.79 Å². The minimum absolute atomic E-state index is 0.0310. The molecular formula is C22H34O3. The number of hydrogen-bond acceptors (Lipinski definition) is 3. The van der Waals surface area contributed by atoms with Gasteiger partial charge in [-0.15, -0.1) is 0 Å². The Kier molecular flexibility index (Phi) is 5.61. The van der Waals surface area contributed by atoms with Crippen LogP contribution in [0.5, 0.6) is 0 Å². The number of carbonyl (C=O) groups is 1. The number of aliphatic hydroxyl groups is 2. The SMILES string of the molecule is CCC1C(=O)[C@]2(C(C)C)CC[C@H](O)[C@@H](C#C[C@@H](O)C3CCCCC3)[C@H]12. The van der Waals surface area contributed by atoms with Gasteiger partial charge in [0, 0.05) is 11.3 Å². The molecule has 3 aliphatic rings. The van der Waals surface area contributed by atoms with Crippen LogP contribution in [0.2, 0.25) is 0 Å². The second-order valence-corrected chi connectivity index (χ2v) is 8.86. The average molecular weight is 347 g/mol. The van der Waals surface area contributed by atoms with E-state index < -0.39 is 12.2 Å². The lowest BCUT2D eigenvalue weighted by Gasteiger charge is -2.61. The van der Waals surface area contributed by atoms with Gasteiger partial charge in [0.15, 0.2) is 0 Å². The minimum atomic E-state index is -0.585. The summed E-state index contributed by atoms with van der Waals surface area (Å²) in [5, 5.41) is 21.1. The lowest BCUT2D eigenvalue weighted by Crippen LogP contribution is -2.66. The van der Waals surface area contributed by atoms with Gasteiger partial charge in [0.05, 0.1) is 12.0 Å². The maximum atomic E-state index is 12.8. The molecule has 0 heterocycles. The highest BCUT2D eigenvalue weighted by Gasteiger charge is 2.66. The fraction of sp³-hybridized carbons (Fsp3) is 0.864. The van der Waals surface area contributed by atoms with Gasteiger partial charge in [-0.05, 0) is 49.9 Å². The Hall–Kier alpha value is -0.850. The van der Waals surface area contributed by atoms with Crippen molar-refractivity contribution >= 4 is 5.78 Å². The zero-order valence-electron chi connectivity index (χ0n) is 16.0. The van der Waals surface area contributed by atoms with E-state index in [4.69, 9.17) is 0 Å². The first kappa shape index (κ1) is 18.9. The molecule has 0 amide bonds. The second kappa shape index (κ2) is 7.41. The zero-order chi connectivity index (χ0) is 18.2. The predicted octanol–water partition coefficient (Wildman–Crippen LogP) is 3.57. The smallest absolute Gasteiger partial charge is 0.143 e. The van der Waals surface area contributed by atoms with Crippen LogP contribution in [0.15, 0.2) is 0 Å². The van der Waals surface area contributed by atoms with Crippen LogP contribution in [0.1, 0.15) is 72.1 Å². The lowest BCUT2D eigenvalue weighted by atomic mass is 9.40. The van der Waals surface area contributed by atoms with Gasteiger partial charge in [0.25, 0.3) is 0 Å². The standard InChI is InChI=1S/C22H34O3/c1-4-16-20-17(10-11-18(23)15-8-6-5-7-9-15)19(24)12-13-22(20,14(2)3)21(16)25/h14-20,23-24H,4-9,12-13H2,1-3H3/t16?,17-,18-,19+,20+,22+/m1/s1. The van der Waals surface area contributed by atoms with Crippen molar-refractivity contribution < 1.29 is 15.0 Å². The highest BCUT2D eigenvalue weighted by atomic mass is 16.3. The molecule has 1 unspecified atom stereocenters. The monoisotopic (exact) mass is 346 g/mol. The summed E-state index contributed by atoms with van der Waals surface area (Å²) in [6.45, 7) is 6.33. The van der Waals surface area contributed by atoms with Crippen molar-refractivity contribution in [3.8, 4) is 11.8 Å².